The molecule has 28 heavy (non-hydrogen) atoms. The minimum atomic E-state index is -0.911. The van der Waals surface area contributed by atoms with Crippen LogP contribution in [-0.4, -0.2) is 28.7 Å². The molecule has 4 rings (SSSR count). The molecular weight excluding hydrogens is 380 g/mol. The molecule has 2 heterocycles. The van der Waals surface area contributed by atoms with Gasteiger partial charge in [-0.2, -0.15) is 5.10 Å². The van der Waals surface area contributed by atoms with Gasteiger partial charge in [0.15, 0.2) is 6.10 Å². The van der Waals surface area contributed by atoms with Crippen molar-refractivity contribution < 1.29 is 18.7 Å². The van der Waals surface area contributed by atoms with Gasteiger partial charge in [-0.25, -0.2) is 5.01 Å². The number of halogens is 1. The molecule has 1 saturated carbocycles. The van der Waals surface area contributed by atoms with Gasteiger partial charge in [0.1, 0.15) is 11.8 Å². The zero-order valence-electron chi connectivity index (χ0n) is 15.7. The van der Waals surface area contributed by atoms with Gasteiger partial charge < -0.3 is 9.15 Å². The number of hydrogen-bond acceptors (Lipinski definition) is 5. The summed E-state index contributed by atoms with van der Waals surface area (Å²) in [4.78, 5) is 25.1. The Kier molecular flexibility index (Phi) is 4.98. The molecule has 0 radical (unpaired) electrons. The first-order chi connectivity index (χ1) is 13.4. The van der Waals surface area contributed by atoms with E-state index in [1.54, 1.807) is 31.4 Å². The van der Waals surface area contributed by atoms with E-state index in [4.69, 9.17) is 20.8 Å². The highest BCUT2D eigenvalue weighted by atomic mass is 35.5. The Labute approximate surface area is 168 Å². The van der Waals surface area contributed by atoms with Gasteiger partial charge in [0, 0.05) is 11.4 Å². The number of benzene rings is 1. The summed E-state index contributed by atoms with van der Waals surface area (Å²) in [7, 11) is 0. The molecular formula is C21H21ClN2O4. The number of rotatable bonds is 5. The van der Waals surface area contributed by atoms with Gasteiger partial charge in [-0.1, -0.05) is 30.7 Å². The fraction of sp³-hybridized carbons (Fsp3) is 0.381. The molecule has 0 unspecified atom stereocenters. The number of carbonyl (C=O) groups is 2. The van der Waals surface area contributed by atoms with Gasteiger partial charge in [-0.3, -0.25) is 9.59 Å². The van der Waals surface area contributed by atoms with Crippen molar-refractivity contribution in [2.45, 2.75) is 38.8 Å². The van der Waals surface area contributed by atoms with E-state index in [-0.39, 0.29) is 23.8 Å². The number of carbonyl (C=O) groups excluding carboxylic acids is 2. The lowest BCUT2D eigenvalue weighted by atomic mass is 10.0. The van der Waals surface area contributed by atoms with Gasteiger partial charge in [-0.05, 0) is 49.1 Å². The molecule has 1 aliphatic heterocycles. The summed E-state index contributed by atoms with van der Waals surface area (Å²) in [5.74, 6) is 0.182. The van der Waals surface area contributed by atoms with Gasteiger partial charge in [0.05, 0.1) is 17.9 Å². The smallest absolute Gasteiger partial charge is 0.309 e. The second-order valence-corrected chi connectivity index (χ2v) is 7.81. The SMILES string of the molecule is C[C@H](OC(=O)[C@@H]1C[C@@H]1C)C(=O)N1N=C(c2ccc(Cl)cc2)C[C@H]1c1ccco1. The Morgan fingerprint density at radius 2 is 2.00 bits per heavy atom. The zero-order valence-corrected chi connectivity index (χ0v) is 16.4. The van der Waals surface area contributed by atoms with Crippen LogP contribution >= 0.6 is 11.6 Å². The maximum atomic E-state index is 13.0. The molecule has 0 spiro atoms. The molecule has 2 aliphatic rings. The third-order valence-corrected chi connectivity index (χ3v) is 5.49. The molecule has 1 aromatic carbocycles. The maximum absolute atomic E-state index is 13.0. The lowest BCUT2D eigenvalue weighted by Gasteiger charge is -2.23. The summed E-state index contributed by atoms with van der Waals surface area (Å²) in [6.45, 7) is 3.58. The summed E-state index contributed by atoms with van der Waals surface area (Å²) in [5, 5.41) is 6.54. The van der Waals surface area contributed by atoms with Crippen molar-refractivity contribution in [1.82, 2.24) is 5.01 Å². The molecule has 4 atom stereocenters. The molecule has 1 fully saturated rings. The highest BCUT2D eigenvalue weighted by Crippen LogP contribution is 2.39. The third-order valence-electron chi connectivity index (χ3n) is 5.24. The standard InChI is InChI=1S/C21H21ClN2O4/c1-12-10-16(12)21(26)28-13(2)20(25)24-18(19-4-3-9-27-19)11-17(23-24)14-5-7-15(22)8-6-14/h3-9,12-13,16,18H,10-11H2,1-2H3/t12-,13-,16+,18-/m0/s1. The fourth-order valence-corrected chi connectivity index (χ4v) is 3.51. The number of hydrazone groups is 1. The van der Waals surface area contributed by atoms with Crippen LogP contribution in [0.5, 0.6) is 0 Å². The van der Waals surface area contributed by atoms with Crippen LogP contribution < -0.4 is 0 Å². The number of amides is 1. The Morgan fingerprint density at radius 1 is 1.29 bits per heavy atom. The summed E-state index contributed by atoms with van der Waals surface area (Å²) in [5.41, 5.74) is 1.63. The molecule has 7 heteroatoms. The topological polar surface area (TPSA) is 72.1 Å². The zero-order chi connectivity index (χ0) is 19.8. The second-order valence-electron chi connectivity index (χ2n) is 7.37. The second kappa shape index (κ2) is 7.43. The number of hydrogen-bond donors (Lipinski definition) is 0. The predicted molar refractivity (Wildman–Crippen MR) is 104 cm³/mol. The summed E-state index contributed by atoms with van der Waals surface area (Å²) in [6, 6.07) is 10.5. The monoisotopic (exact) mass is 400 g/mol. The van der Waals surface area contributed by atoms with Gasteiger partial charge in [0.2, 0.25) is 0 Å². The average molecular weight is 401 g/mol. The Morgan fingerprint density at radius 3 is 2.61 bits per heavy atom. The van der Waals surface area contributed by atoms with E-state index >= 15 is 0 Å². The van der Waals surface area contributed by atoms with Gasteiger partial charge in [0.25, 0.3) is 5.91 Å². The van der Waals surface area contributed by atoms with Crippen molar-refractivity contribution in [3.05, 3.63) is 59.0 Å². The Balaban J connectivity index is 1.56. The molecule has 0 saturated heterocycles. The van der Waals surface area contributed by atoms with E-state index in [2.05, 4.69) is 5.10 Å². The summed E-state index contributed by atoms with van der Waals surface area (Å²) >= 11 is 5.97. The van der Waals surface area contributed by atoms with Crippen molar-refractivity contribution in [2.24, 2.45) is 16.9 Å². The van der Waals surface area contributed by atoms with E-state index in [1.165, 1.54) is 5.01 Å². The van der Waals surface area contributed by atoms with Gasteiger partial charge >= 0.3 is 5.97 Å². The number of ether oxygens (including phenoxy) is 1. The third kappa shape index (κ3) is 3.69. The average Bonchev–Trinajstić information content (AvgIpc) is 3.08. The van der Waals surface area contributed by atoms with Crippen molar-refractivity contribution in [1.29, 1.82) is 0 Å². The van der Waals surface area contributed by atoms with E-state index in [1.807, 2.05) is 25.1 Å². The van der Waals surface area contributed by atoms with Crippen LogP contribution in [0.25, 0.3) is 0 Å². The van der Waals surface area contributed by atoms with Crippen molar-refractivity contribution >= 4 is 29.2 Å². The Bertz CT molecular complexity index is 907. The van der Waals surface area contributed by atoms with Crippen LogP contribution in [0.4, 0.5) is 0 Å². The Hall–Kier alpha value is -2.60. The molecule has 0 bridgehead atoms. The lowest BCUT2D eigenvalue weighted by molar-refractivity contribution is -0.161. The van der Waals surface area contributed by atoms with Crippen LogP contribution in [0.2, 0.25) is 5.02 Å². The first-order valence-corrected chi connectivity index (χ1v) is 9.72. The van der Waals surface area contributed by atoms with E-state index in [0.717, 1.165) is 17.7 Å². The molecule has 1 amide bonds. The highest BCUT2D eigenvalue weighted by molar-refractivity contribution is 6.30. The van der Waals surface area contributed by atoms with Crippen LogP contribution in [0.3, 0.4) is 0 Å². The predicted octanol–water partition coefficient (Wildman–Crippen LogP) is 4.20. The highest BCUT2D eigenvalue weighted by Gasteiger charge is 2.43. The number of furan rings is 1. The number of nitrogens with zero attached hydrogens (tertiary/aromatic N) is 2. The van der Waals surface area contributed by atoms with Crippen LogP contribution in [0.15, 0.2) is 52.2 Å². The first-order valence-electron chi connectivity index (χ1n) is 9.34. The maximum Gasteiger partial charge on any atom is 0.309 e. The van der Waals surface area contributed by atoms with Crippen LogP contribution in [0, 0.1) is 11.8 Å². The molecule has 2 aromatic rings. The lowest BCUT2D eigenvalue weighted by Crippen LogP contribution is -2.37. The quantitative estimate of drug-likeness (QED) is 0.705. The van der Waals surface area contributed by atoms with Gasteiger partial charge in [-0.15, -0.1) is 0 Å². The minimum absolute atomic E-state index is 0.0946. The molecule has 1 aliphatic carbocycles. The van der Waals surface area contributed by atoms with E-state index < -0.39 is 6.10 Å². The van der Waals surface area contributed by atoms with Crippen LogP contribution in [0.1, 0.15) is 44.1 Å². The first kappa shape index (κ1) is 18.7. The normalized spacial score (nSPS) is 24.6. The molecule has 146 valence electrons. The molecule has 1 aromatic heterocycles. The number of esters is 1. The molecule has 0 N–H and O–H groups in total. The van der Waals surface area contributed by atoms with E-state index in [0.29, 0.717) is 23.1 Å². The van der Waals surface area contributed by atoms with Crippen molar-refractivity contribution in [3.8, 4) is 0 Å². The molecule has 6 nitrogen and oxygen atoms in total. The summed E-state index contributed by atoms with van der Waals surface area (Å²) < 4.78 is 10.9. The summed E-state index contributed by atoms with van der Waals surface area (Å²) in [6.07, 6.45) is 1.97. The van der Waals surface area contributed by atoms with E-state index in [9.17, 15) is 9.59 Å². The minimum Gasteiger partial charge on any atom is -0.467 e. The largest absolute Gasteiger partial charge is 0.467 e. The van der Waals surface area contributed by atoms with Crippen molar-refractivity contribution in [3.63, 3.8) is 0 Å². The fourth-order valence-electron chi connectivity index (χ4n) is 3.38. The van der Waals surface area contributed by atoms with Crippen LogP contribution in [-0.2, 0) is 14.3 Å². The van der Waals surface area contributed by atoms with Crippen molar-refractivity contribution in [2.75, 3.05) is 0 Å².